The number of benzene rings is 2. The predicted molar refractivity (Wildman–Crippen MR) is 77.9 cm³/mol. The van der Waals surface area contributed by atoms with Gasteiger partial charge in [0.2, 0.25) is 0 Å². The Hall–Kier alpha value is -1.68. The number of methoxy groups -OCH3 is 1. The van der Waals surface area contributed by atoms with Gasteiger partial charge in [-0.3, -0.25) is 4.79 Å². The Balaban J connectivity index is 2.29. The lowest BCUT2D eigenvalue weighted by atomic mass is 10.1. The van der Waals surface area contributed by atoms with Gasteiger partial charge in [-0.15, -0.1) is 0 Å². The molecule has 1 aliphatic rings. The van der Waals surface area contributed by atoms with Crippen molar-refractivity contribution < 1.29 is 9.53 Å². The zero-order chi connectivity index (χ0) is 13.6. The van der Waals surface area contributed by atoms with Crippen molar-refractivity contribution in [1.29, 1.82) is 0 Å². The third-order valence-electron chi connectivity index (χ3n) is 3.20. The predicted octanol–water partition coefficient (Wildman–Crippen LogP) is 3.42. The topological polar surface area (TPSA) is 38.3 Å². The van der Waals surface area contributed by atoms with Gasteiger partial charge in [-0.1, -0.05) is 23.9 Å². The van der Waals surface area contributed by atoms with Crippen molar-refractivity contribution in [1.82, 2.24) is 5.32 Å². The molecule has 1 aliphatic heterocycles. The maximum absolute atomic E-state index is 12.1. The van der Waals surface area contributed by atoms with Crippen LogP contribution < -0.4 is 10.1 Å². The summed E-state index contributed by atoms with van der Waals surface area (Å²) in [4.78, 5) is 12.9. The normalized spacial score (nSPS) is 16.9. The van der Waals surface area contributed by atoms with Gasteiger partial charge in [-0.2, -0.15) is 0 Å². The van der Waals surface area contributed by atoms with Crippen LogP contribution in [0.4, 0.5) is 0 Å². The van der Waals surface area contributed by atoms with Gasteiger partial charge in [0.15, 0.2) is 0 Å². The number of ether oxygens (including phenoxy) is 1. The number of nitrogens with one attached hydrogen (secondary N) is 1. The summed E-state index contributed by atoms with van der Waals surface area (Å²) in [5.74, 6) is 0.800. The van der Waals surface area contributed by atoms with E-state index in [1.165, 1.54) is 0 Å². The molecule has 0 fully saturated rings. The second kappa shape index (κ2) is 4.17. The quantitative estimate of drug-likeness (QED) is 0.865. The molecular weight excluding hydrogens is 258 g/mol. The Morgan fingerprint density at radius 1 is 1.21 bits per heavy atom. The zero-order valence-corrected chi connectivity index (χ0v) is 11.9. The molecule has 1 N–H and O–H groups in total. The lowest BCUT2D eigenvalue weighted by Crippen LogP contribution is -2.43. The van der Waals surface area contributed by atoms with Gasteiger partial charge in [0.25, 0.3) is 5.91 Å². The van der Waals surface area contributed by atoms with E-state index in [0.717, 1.165) is 27.0 Å². The van der Waals surface area contributed by atoms with E-state index in [1.54, 1.807) is 18.9 Å². The van der Waals surface area contributed by atoms with Gasteiger partial charge < -0.3 is 10.1 Å². The maximum Gasteiger partial charge on any atom is 0.253 e. The van der Waals surface area contributed by atoms with E-state index in [-0.39, 0.29) is 10.8 Å². The first-order valence-electron chi connectivity index (χ1n) is 6.12. The standard InChI is InChI=1S/C15H15NO2S/c1-15(2)16-14(17)11-7-5-9-4-6-10(18-3)8-12(9)13(11)19-15/h4-8H,1-3H3,(H,16,17). The van der Waals surface area contributed by atoms with Crippen molar-refractivity contribution in [2.75, 3.05) is 7.11 Å². The Bertz CT molecular complexity index is 679. The molecule has 0 atom stereocenters. The smallest absolute Gasteiger partial charge is 0.253 e. The van der Waals surface area contributed by atoms with E-state index in [1.807, 2.05) is 44.2 Å². The summed E-state index contributed by atoms with van der Waals surface area (Å²) < 4.78 is 5.28. The van der Waals surface area contributed by atoms with Crippen molar-refractivity contribution in [2.45, 2.75) is 23.6 Å². The monoisotopic (exact) mass is 273 g/mol. The van der Waals surface area contributed by atoms with E-state index < -0.39 is 0 Å². The summed E-state index contributed by atoms with van der Waals surface area (Å²) in [6, 6.07) is 9.82. The molecule has 0 saturated heterocycles. The minimum Gasteiger partial charge on any atom is -0.497 e. The van der Waals surface area contributed by atoms with Crippen LogP contribution in [0.25, 0.3) is 10.8 Å². The van der Waals surface area contributed by atoms with Crippen molar-refractivity contribution in [3.8, 4) is 5.75 Å². The van der Waals surface area contributed by atoms with Gasteiger partial charge in [0.05, 0.1) is 17.5 Å². The molecular formula is C15H15NO2S. The summed E-state index contributed by atoms with van der Waals surface area (Å²) in [5, 5.41) is 5.19. The van der Waals surface area contributed by atoms with Gasteiger partial charge in [0.1, 0.15) is 5.75 Å². The molecule has 0 aliphatic carbocycles. The Kier molecular flexibility index (Phi) is 2.71. The number of amides is 1. The third kappa shape index (κ3) is 2.06. The zero-order valence-electron chi connectivity index (χ0n) is 11.1. The molecule has 0 saturated carbocycles. The van der Waals surface area contributed by atoms with Crippen molar-refractivity contribution in [2.24, 2.45) is 0 Å². The summed E-state index contributed by atoms with van der Waals surface area (Å²) in [5.41, 5.74) is 0.741. The lowest BCUT2D eigenvalue weighted by molar-refractivity contribution is 0.0930. The molecule has 0 unspecified atom stereocenters. The number of fused-ring (bicyclic) bond motifs is 3. The van der Waals surface area contributed by atoms with Crippen molar-refractivity contribution >= 4 is 28.4 Å². The van der Waals surface area contributed by atoms with Crippen LogP contribution in [-0.4, -0.2) is 17.9 Å². The molecule has 2 aromatic carbocycles. The first-order chi connectivity index (χ1) is 9.00. The van der Waals surface area contributed by atoms with Gasteiger partial charge in [0, 0.05) is 4.90 Å². The number of hydrogen-bond donors (Lipinski definition) is 1. The van der Waals surface area contributed by atoms with Crippen LogP contribution in [0.1, 0.15) is 24.2 Å². The number of rotatable bonds is 1. The number of thioether (sulfide) groups is 1. The van der Waals surface area contributed by atoms with E-state index in [9.17, 15) is 4.79 Å². The van der Waals surface area contributed by atoms with Gasteiger partial charge >= 0.3 is 0 Å². The van der Waals surface area contributed by atoms with E-state index in [2.05, 4.69) is 5.32 Å². The minimum absolute atomic E-state index is 0.0107. The molecule has 0 radical (unpaired) electrons. The third-order valence-corrected chi connectivity index (χ3v) is 4.45. The molecule has 0 aromatic heterocycles. The van der Waals surface area contributed by atoms with Crippen molar-refractivity contribution in [3.05, 3.63) is 35.9 Å². The average molecular weight is 273 g/mol. The van der Waals surface area contributed by atoms with Crippen LogP contribution in [0, 0.1) is 0 Å². The largest absolute Gasteiger partial charge is 0.497 e. The molecule has 98 valence electrons. The minimum atomic E-state index is -0.290. The number of hydrogen-bond acceptors (Lipinski definition) is 3. The van der Waals surface area contributed by atoms with E-state index >= 15 is 0 Å². The second-order valence-electron chi connectivity index (χ2n) is 5.10. The SMILES string of the molecule is COc1ccc2ccc3c(c2c1)SC(C)(C)NC3=O. The highest BCUT2D eigenvalue weighted by Gasteiger charge is 2.31. The first kappa shape index (κ1) is 12.4. The maximum atomic E-state index is 12.1. The Morgan fingerprint density at radius 2 is 1.95 bits per heavy atom. The summed E-state index contributed by atoms with van der Waals surface area (Å²) >= 11 is 1.68. The van der Waals surface area contributed by atoms with E-state index in [0.29, 0.717) is 0 Å². The molecule has 1 amide bonds. The molecule has 19 heavy (non-hydrogen) atoms. The fourth-order valence-corrected chi connectivity index (χ4v) is 3.52. The fourth-order valence-electron chi connectivity index (χ4n) is 2.31. The molecule has 1 heterocycles. The highest BCUT2D eigenvalue weighted by Crippen LogP contribution is 2.42. The molecule has 3 nitrogen and oxygen atoms in total. The van der Waals surface area contributed by atoms with Crippen LogP contribution in [0.3, 0.4) is 0 Å². The molecule has 2 aromatic rings. The summed E-state index contributed by atoms with van der Waals surface area (Å²) in [7, 11) is 1.65. The lowest BCUT2D eigenvalue weighted by Gasteiger charge is -2.32. The molecule has 3 rings (SSSR count). The Morgan fingerprint density at radius 3 is 2.68 bits per heavy atom. The highest BCUT2D eigenvalue weighted by molar-refractivity contribution is 8.01. The van der Waals surface area contributed by atoms with Crippen LogP contribution in [0.5, 0.6) is 5.75 Å². The fraction of sp³-hybridized carbons (Fsp3) is 0.267. The molecule has 0 spiro atoms. The van der Waals surface area contributed by atoms with Gasteiger partial charge in [-0.05, 0) is 42.8 Å². The number of carbonyl (C=O) groups excluding carboxylic acids is 1. The van der Waals surface area contributed by atoms with Crippen LogP contribution in [0.15, 0.2) is 35.2 Å². The Labute approximate surface area is 116 Å². The summed E-state index contributed by atoms with van der Waals surface area (Å²) in [6.07, 6.45) is 0. The van der Waals surface area contributed by atoms with Crippen LogP contribution in [-0.2, 0) is 0 Å². The highest BCUT2D eigenvalue weighted by atomic mass is 32.2. The van der Waals surface area contributed by atoms with Crippen LogP contribution in [0.2, 0.25) is 0 Å². The van der Waals surface area contributed by atoms with Gasteiger partial charge in [-0.25, -0.2) is 0 Å². The number of carbonyl (C=O) groups is 1. The van der Waals surface area contributed by atoms with Crippen molar-refractivity contribution in [3.63, 3.8) is 0 Å². The van der Waals surface area contributed by atoms with E-state index in [4.69, 9.17) is 4.74 Å². The first-order valence-corrected chi connectivity index (χ1v) is 6.94. The molecule has 4 heteroatoms. The summed E-state index contributed by atoms with van der Waals surface area (Å²) in [6.45, 7) is 4.02. The average Bonchev–Trinajstić information content (AvgIpc) is 2.36. The molecule has 0 bridgehead atoms. The second-order valence-corrected chi connectivity index (χ2v) is 6.73. The van der Waals surface area contributed by atoms with Crippen LogP contribution >= 0.6 is 11.8 Å².